The number of carbonyl (C=O) groups is 1. The molecule has 0 saturated heterocycles. The fourth-order valence-corrected chi connectivity index (χ4v) is 3.63. The predicted octanol–water partition coefficient (Wildman–Crippen LogP) is 3.69. The molecule has 14 heteroatoms. The van der Waals surface area contributed by atoms with Crippen LogP contribution in [0.1, 0.15) is 5.56 Å². The lowest BCUT2D eigenvalue weighted by atomic mass is 10.1. The summed E-state index contributed by atoms with van der Waals surface area (Å²) in [4.78, 5) is 32.2. The molecule has 0 aliphatic carbocycles. The van der Waals surface area contributed by atoms with E-state index in [1.165, 1.54) is 29.2 Å². The van der Waals surface area contributed by atoms with Crippen LogP contribution in [0.3, 0.4) is 0 Å². The molecule has 0 bridgehead atoms. The first-order chi connectivity index (χ1) is 18.2. The maximum Gasteiger partial charge on any atom is 0.416 e. The monoisotopic (exact) mass is 522 g/mol. The smallest absolute Gasteiger partial charge is 0.416 e. The first-order valence-corrected chi connectivity index (χ1v) is 11.0. The Morgan fingerprint density at radius 1 is 1.03 bits per heavy atom. The SMILES string of the molecule is O=C(Cn1cc(-c2cccc(Nc3nc(=O)n(O)c4ncccc34)c2)nn1)Nc1ccc(C(F)(F)F)cc1. The van der Waals surface area contributed by atoms with Gasteiger partial charge in [0.05, 0.1) is 17.1 Å². The van der Waals surface area contributed by atoms with Crippen LogP contribution in [0.15, 0.2) is 77.9 Å². The van der Waals surface area contributed by atoms with Gasteiger partial charge in [0.1, 0.15) is 18.1 Å². The predicted molar refractivity (Wildman–Crippen MR) is 130 cm³/mol. The number of benzene rings is 2. The molecule has 38 heavy (non-hydrogen) atoms. The van der Waals surface area contributed by atoms with E-state index in [4.69, 9.17) is 0 Å². The minimum absolute atomic E-state index is 0.0451. The number of hydrogen-bond donors (Lipinski definition) is 3. The Morgan fingerprint density at radius 2 is 1.82 bits per heavy atom. The number of aromatic nitrogens is 6. The van der Waals surface area contributed by atoms with Gasteiger partial charge >= 0.3 is 11.9 Å². The normalized spacial score (nSPS) is 11.4. The molecule has 0 unspecified atom stereocenters. The highest BCUT2D eigenvalue weighted by Gasteiger charge is 2.30. The van der Waals surface area contributed by atoms with E-state index in [0.29, 0.717) is 27.1 Å². The summed E-state index contributed by atoms with van der Waals surface area (Å²) in [7, 11) is 0. The number of carbonyl (C=O) groups excluding carboxylic acids is 1. The lowest BCUT2D eigenvalue weighted by Gasteiger charge is -2.10. The highest BCUT2D eigenvalue weighted by atomic mass is 19.4. The van der Waals surface area contributed by atoms with Crippen LogP contribution in [-0.2, 0) is 17.5 Å². The Hall–Kier alpha value is -5.27. The molecule has 1 amide bonds. The quantitative estimate of drug-likeness (QED) is 0.287. The van der Waals surface area contributed by atoms with E-state index >= 15 is 0 Å². The first-order valence-electron chi connectivity index (χ1n) is 11.0. The van der Waals surface area contributed by atoms with Crippen molar-refractivity contribution in [3.05, 3.63) is 89.1 Å². The number of nitrogens with one attached hydrogen (secondary N) is 2. The maximum absolute atomic E-state index is 12.7. The average Bonchev–Trinajstić information content (AvgIpc) is 3.35. The molecule has 3 heterocycles. The Labute approximate surface area is 211 Å². The van der Waals surface area contributed by atoms with Crippen molar-refractivity contribution in [2.75, 3.05) is 10.6 Å². The molecule has 3 aromatic heterocycles. The van der Waals surface area contributed by atoms with Gasteiger partial charge in [0.2, 0.25) is 5.91 Å². The molecule has 0 aliphatic rings. The van der Waals surface area contributed by atoms with Crippen LogP contribution in [0.5, 0.6) is 0 Å². The van der Waals surface area contributed by atoms with Crippen molar-refractivity contribution in [1.29, 1.82) is 0 Å². The van der Waals surface area contributed by atoms with Crippen LogP contribution >= 0.6 is 0 Å². The van der Waals surface area contributed by atoms with Gasteiger partial charge in [0.25, 0.3) is 0 Å². The molecule has 0 radical (unpaired) electrons. The summed E-state index contributed by atoms with van der Waals surface area (Å²) in [6.45, 7) is -0.216. The number of hydrogen-bond acceptors (Lipinski definition) is 8. The second-order valence-corrected chi connectivity index (χ2v) is 8.06. The van der Waals surface area contributed by atoms with Crippen molar-refractivity contribution >= 4 is 34.1 Å². The van der Waals surface area contributed by atoms with Crippen molar-refractivity contribution in [3.8, 4) is 11.3 Å². The van der Waals surface area contributed by atoms with Gasteiger partial charge in [0, 0.05) is 23.1 Å². The zero-order valence-corrected chi connectivity index (χ0v) is 19.2. The van der Waals surface area contributed by atoms with Gasteiger partial charge in [-0.1, -0.05) is 17.3 Å². The summed E-state index contributed by atoms with van der Waals surface area (Å²) in [6, 6.07) is 14.4. The van der Waals surface area contributed by atoms with E-state index in [1.54, 1.807) is 36.4 Å². The van der Waals surface area contributed by atoms with Gasteiger partial charge in [0.15, 0.2) is 5.65 Å². The third-order valence-electron chi connectivity index (χ3n) is 5.39. The Balaban J connectivity index is 1.29. The fraction of sp³-hybridized carbons (Fsp3) is 0.0833. The third-order valence-corrected chi connectivity index (χ3v) is 5.39. The van der Waals surface area contributed by atoms with Gasteiger partial charge in [-0.05, 0) is 48.5 Å². The standard InChI is InChI=1S/C24H17F3N8O3/c25-24(26,27)15-6-8-16(9-7-15)29-20(36)13-34-12-19(32-33-34)14-3-1-4-17(11-14)30-21-18-5-2-10-28-22(18)35(38)23(37)31-21/h1-12,38H,13H2,(H,29,36)(H,30,31,37). The van der Waals surface area contributed by atoms with Crippen LogP contribution in [0.25, 0.3) is 22.3 Å². The Morgan fingerprint density at radius 3 is 2.58 bits per heavy atom. The lowest BCUT2D eigenvalue weighted by Crippen LogP contribution is -2.23. The van der Waals surface area contributed by atoms with Crippen molar-refractivity contribution in [2.45, 2.75) is 12.7 Å². The summed E-state index contributed by atoms with van der Waals surface area (Å²) >= 11 is 0. The van der Waals surface area contributed by atoms with E-state index in [-0.39, 0.29) is 23.7 Å². The topological polar surface area (TPSA) is 140 Å². The minimum atomic E-state index is -4.46. The molecule has 2 aromatic carbocycles. The number of halogens is 3. The number of alkyl halides is 3. The van der Waals surface area contributed by atoms with Gasteiger partial charge in [-0.25, -0.2) is 14.5 Å². The molecule has 192 valence electrons. The maximum atomic E-state index is 12.7. The van der Waals surface area contributed by atoms with E-state index in [0.717, 1.165) is 12.1 Å². The molecule has 0 spiro atoms. The van der Waals surface area contributed by atoms with E-state index in [1.807, 2.05) is 0 Å². The summed E-state index contributed by atoms with van der Waals surface area (Å²) < 4.78 is 39.8. The molecule has 11 nitrogen and oxygen atoms in total. The number of nitrogens with zero attached hydrogens (tertiary/aromatic N) is 6. The van der Waals surface area contributed by atoms with E-state index in [2.05, 4.69) is 30.9 Å². The number of pyridine rings is 1. The van der Waals surface area contributed by atoms with Crippen molar-refractivity contribution in [2.24, 2.45) is 0 Å². The van der Waals surface area contributed by atoms with Gasteiger partial charge in [-0.15, -0.1) is 9.83 Å². The second-order valence-electron chi connectivity index (χ2n) is 8.06. The van der Waals surface area contributed by atoms with Gasteiger partial charge < -0.3 is 15.8 Å². The molecule has 3 N–H and O–H groups in total. The van der Waals surface area contributed by atoms with Crippen molar-refractivity contribution < 1.29 is 23.2 Å². The largest absolute Gasteiger partial charge is 0.422 e. The minimum Gasteiger partial charge on any atom is -0.422 e. The van der Waals surface area contributed by atoms with E-state index in [9.17, 15) is 28.0 Å². The number of fused-ring (bicyclic) bond motifs is 1. The first kappa shape index (κ1) is 24.4. The Bertz CT molecular complexity index is 1700. The Kier molecular flexibility index (Phi) is 6.20. The summed E-state index contributed by atoms with van der Waals surface area (Å²) in [5.41, 5.74) is 0.198. The fourth-order valence-electron chi connectivity index (χ4n) is 3.63. The van der Waals surface area contributed by atoms with Gasteiger partial charge in [-0.3, -0.25) is 4.79 Å². The lowest BCUT2D eigenvalue weighted by molar-refractivity contribution is -0.137. The van der Waals surface area contributed by atoms with E-state index < -0.39 is 23.3 Å². The molecule has 0 atom stereocenters. The highest BCUT2D eigenvalue weighted by molar-refractivity contribution is 5.90. The molecular weight excluding hydrogens is 505 g/mol. The molecule has 5 aromatic rings. The van der Waals surface area contributed by atoms with Crippen LogP contribution < -0.4 is 16.3 Å². The summed E-state index contributed by atoms with van der Waals surface area (Å²) in [5, 5.41) is 23.9. The molecule has 0 saturated carbocycles. The summed E-state index contributed by atoms with van der Waals surface area (Å²) in [5.74, 6) is -0.300. The third kappa shape index (κ3) is 5.13. The molecule has 5 rings (SSSR count). The van der Waals surface area contributed by atoms with Crippen molar-refractivity contribution in [3.63, 3.8) is 0 Å². The van der Waals surface area contributed by atoms with Crippen LogP contribution in [-0.4, -0.2) is 40.8 Å². The molecule has 0 aliphatic heterocycles. The zero-order valence-electron chi connectivity index (χ0n) is 19.2. The summed E-state index contributed by atoms with van der Waals surface area (Å²) in [6.07, 6.45) is -1.49. The highest BCUT2D eigenvalue weighted by Crippen LogP contribution is 2.30. The molecular formula is C24H17F3N8O3. The number of rotatable bonds is 6. The van der Waals surface area contributed by atoms with Crippen molar-refractivity contribution in [1.82, 2.24) is 29.7 Å². The second kappa shape index (κ2) is 9.65. The number of amides is 1. The van der Waals surface area contributed by atoms with Crippen LogP contribution in [0.2, 0.25) is 0 Å². The average molecular weight is 522 g/mol. The number of anilines is 3. The van der Waals surface area contributed by atoms with Gasteiger partial charge in [-0.2, -0.15) is 18.2 Å². The van der Waals surface area contributed by atoms with Crippen LogP contribution in [0.4, 0.5) is 30.4 Å². The zero-order chi connectivity index (χ0) is 26.9. The van der Waals surface area contributed by atoms with Crippen LogP contribution in [0, 0.1) is 0 Å². The molecule has 0 fully saturated rings.